The molecule has 0 saturated carbocycles. The summed E-state index contributed by atoms with van der Waals surface area (Å²) < 4.78 is 7.81. The normalized spacial score (nSPS) is 11.8. The van der Waals surface area contributed by atoms with E-state index in [-0.39, 0.29) is 5.60 Å². The second kappa shape index (κ2) is 6.64. The maximum absolute atomic E-state index is 5.65. The number of unbranched alkanes of at least 4 members (excludes halogenated alkanes) is 1. The summed E-state index contributed by atoms with van der Waals surface area (Å²) in [6, 6.07) is 0. The summed E-state index contributed by atoms with van der Waals surface area (Å²) in [7, 11) is 0. The molecule has 0 fully saturated rings. The van der Waals surface area contributed by atoms with Crippen LogP contribution in [-0.2, 0) is 11.3 Å². The predicted octanol–water partition coefficient (Wildman–Crippen LogP) is 2.91. The Morgan fingerprint density at radius 2 is 2.18 bits per heavy atom. The standard InChI is InChI=1S/C13H25N3O/c1-5-7-9-16-10-8-14-12(16)15-11-13(3,4)17-6-2/h8,10H,5-7,9,11H2,1-4H3,(H,14,15). The molecule has 1 aromatic heterocycles. The van der Waals surface area contributed by atoms with Gasteiger partial charge in [-0.15, -0.1) is 0 Å². The van der Waals surface area contributed by atoms with Crippen molar-refractivity contribution < 1.29 is 4.74 Å². The molecule has 0 aliphatic heterocycles. The van der Waals surface area contributed by atoms with E-state index in [9.17, 15) is 0 Å². The Bertz CT molecular complexity index is 320. The number of hydrogen-bond donors (Lipinski definition) is 1. The second-order valence-corrected chi connectivity index (χ2v) is 4.84. The van der Waals surface area contributed by atoms with Gasteiger partial charge < -0.3 is 14.6 Å². The van der Waals surface area contributed by atoms with Gasteiger partial charge in [0.25, 0.3) is 0 Å². The molecular weight excluding hydrogens is 214 g/mol. The molecule has 0 aliphatic carbocycles. The fourth-order valence-corrected chi connectivity index (χ4v) is 1.72. The molecule has 4 heteroatoms. The quantitative estimate of drug-likeness (QED) is 0.758. The average molecular weight is 239 g/mol. The smallest absolute Gasteiger partial charge is 0.202 e. The number of aryl methyl sites for hydroxylation is 1. The van der Waals surface area contributed by atoms with E-state index >= 15 is 0 Å². The molecule has 0 aliphatic rings. The number of aromatic nitrogens is 2. The van der Waals surface area contributed by atoms with E-state index in [1.807, 2.05) is 19.3 Å². The van der Waals surface area contributed by atoms with Crippen LogP contribution in [0.1, 0.15) is 40.5 Å². The van der Waals surface area contributed by atoms with Gasteiger partial charge in [-0.05, 0) is 27.2 Å². The molecule has 4 nitrogen and oxygen atoms in total. The highest BCUT2D eigenvalue weighted by Gasteiger charge is 2.17. The lowest BCUT2D eigenvalue weighted by molar-refractivity contribution is 0.000542. The Kier molecular flexibility index (Phi) is 5.48. The maximum atomic E-state index is 5.65. The summed E-state index contributed by atoms with van der Waals surface area (Å²) in [5.41, 5.74) is -0.156. The van der Waals surface area contributed by atoms with Crippen LogP contribution in [0.25, 0.3) is 0 Å². The van der Waals surface area contributed by atoms with E-state index in [4.69, 9.17) is 4.74 Å². The van der Waals surface area contributed by atoms with Crippen molar-refractivity contribution in [2.75, 3.05) is 18.5 Å². The number of ether oxygens (including phenoxy) is 1. The Hall–Kier alpha value is -1.03. The maximum Gasteiger partial charge on any atom is 0.202 e. The topological polar surface area (TPSA) is 39.1 Å². The minimum absolute atomic E-state index is 0.156. The highest BCUT2D eigenvalue weighted by atomic mass is 16.5. The van der Waals surface area contributed by atoms with Gasteiger partial charge in [0.15, 0.2) is 0 Å². The molecule has 0 unspecified atom stereocenters. The fraction of sp³-hybridized carbons (Fsp3) is 0.769. The van der Waals surface area contributed by atoms with Crippen LogP contribution in [0.4, 0.5) is 5.95 Å². The van der Waals surface area contributed by atoms with E-state index in [0.29, 0.717) is 0 Å². The molecule has 1 aromatic rings. The Morgan fingerprint density at radius 3 is 2.82 bits per heavy atom. The van der Waals surface area contributed by atoms with Gasteiger partial charge in [0, 0.05) is 32.1 Å². The van der Waals surface area contributed by atoms with Crippen molar-refractivity contribution in [1.29, 1.82) is 0 Å². The van der Waals surface area contributed by atoms with Crippen LogP contribution in [-0.4, -0.2) is 28.3 Å². The molecule has 1 rings (SSSR count). The molecule has 0 aromatic carbocycles. The Morgan fingerprint density at radius 1 is 1.41 bits per heavy atom. The summed E-state index contributed by atoms with van der Waals surface area (Å²) >= 11 is 0. The Labute approximate surface area is 104 Å². The minimum Gasteiger partial charge on any atom is -0.374 e. The first-order chi connectivity index (χ1) is 8.09. The molecule has 0 spiro atoms. The van der Waals surface area contributed by atoms with Crippen LogP contribution in [0, 0.1) is 0 Å². The lowest BCUT2D eigenvalue weighted by atomic mass is 10.1. The van der Waals surface area contributed by atoms with Crippen molar-refractivity contribution in [1.82, 2.24) is 9.55 Å². The van der Waals surface area contributed by atoms with Gasteiger partial charge >= 0.3 is 0 Å². The third-order valence-corrected chi connectivity index (χ3v) is 2.68. The number of rotatable bonds is 8. The van der Waals surface area contributed by atoms with Crippen LogP contribution in [0.3, 0.4) is 0 Å². The van der Waals surface area contributed by atoms with Crippen molar-refractivity contribution in [2.45, 2.75) is 52.7 Å². The minimum atomic E-state index is -0.156. The monoisotopic (exact) mass is 239 g/mol. The summed E-state index contributed by atoms with van der Waals surface area (Å²) in [6.45, 7) is 10.9. The van der Waals surface area contributed by atoms with Crippen LogP contribution < -0.4 is 5.32 Å². The molecule has 1 N–H and O–H groups in total. The average Bonchev–Trinajstić information content (AvgIpc) is 2.71. The summed E-state index contributed by atoms with van der Waals surface area (Å²) in [6.07, 6.45) is 6.24. The molecule has 0 saturated heterocycles. The molecule has 0 atom stereocenters. The van der Waals surface area contributed by atoms with Gasteiger partial charge in [-0.25, -0.2) is 4.98 Å². The third-order valence-electron chi connectivity index (χ3n) is 2.68. The van der Waals surface area contributed by atoms with Gasteiger partial charge in [-0.1, -0.05) is 13.3 Å². The zero-order chi connectivity index (χ0) is 12.7. The summed E-state index contributed by atoms with van der Waals surface area (Å²) in [4.78, 5) is 4.33. The summed E-state index contributed by atoms with van der Waals surface area (Å²) in [5.74, 6) is 0.936. The summed E-state index contributed by atoms with van der Waals surface area (Å²) in [5, 5.41) is 3.35. The second-order valence-electron chi connectivity index (χ2n) is 4.84. The molecule has 0 bridgehead atoms. The van der Waals surface area contributed by atoms with Crippen molar-refractivity contribution in [3.05, 3.63) is 12.4 Å². The van der Waals surface area contributed by atoms with Crippen molar-refractivity contribution >= 4 is 5.95 Å². The lowest BCUT2D eigenvalue weighted by Crippen LogP contribution is -2.34. The number of nitrogens with zero attached hydrogens (tertiary/aromatic N) is 2. The van der Waals surface area contributed by atoms with E-state index in [0.717, 1.165) is 25.6 Å². The Balaban J connectivity index is 2.48. The molecule has 0 radical (unpaired) electrons. The van der Waals surface area contributed by atoms with Gasteiger partial charge in [0.1, 0.15) is 0 Å². The first-order valence-corrected chi connectivity index (χ1v) is 6.48. The van der Waals surface area contributed by atoms with Crippen molar-refractivity contribution in [3.8, 4) is 0 Å². The largest absolute Gasteiger partial charge is 0.374 e. The molecule has 17 heavy (non-hydrogen) atoms. The lowest BCUT2D eigenvalue weighted by Gasteiger charge is -2.25. The molecule has 98 valence electrons. The van der Waals surface area contributed by atoms with E-state index in [2.05, 4.69) is 35.6 Å². The van der Waals surface area contributed by atoms with Crippen molar-refractivity contribution in [2.24, 2.45) is 0 Å². The van der Waals surface area contributed by atoms with Gasteiger partial charge in [-0.3, -0.25) is 0 Å². The molecular formula is C13H25N3O. The number of hydrogen-bond acceptors (Lipinski definition) is 3. The first-order valence-electron chi connectivity index (χ1n) is 6.48. The first kappa shape index (κ1) is 14.0. The number of imidazole rings is 1. The van der Waals surface area contributed by atoms with Crippen molar-refractivity contribution in [3.63, 3.8) is 0 Å². The third kappa shape index (κ3) is 4.77. The van der Waals surface area contributed by atoms with Crippen LogP contribution >= 0.6 is 0 Å². The zero-order valence-electron chi connectivity index (χ0n) is 11.5. The predicted molar refractivity (Wildman–Crippen MR) is 71.3 cm³/mol. The van der Waals surface area contributed by atoms with Gasteiger partial charge in [-0.2, -0.15) is 0 Å². The SMILES string of the molecule is CCCCn1ccnc1NCC(C)(C)OCC. The van der Waals surface area contributed by atoms with Gasteiger partial charge in [0.05, 0.1) is 5.60 Å². The number of anilines is 1. The van der Waals surface area contributed by atoms with E-state index < -0.39 is 0 Å². The molecule has 0 amide bonds. The zero-order valence-corrected chi connectivity index (χ0v) is 11.5. The van der Waals surface area contributed by atoms with Crippen LogP contribution in [0.5, 0.6) is 0 Å². The van der Waals surface area contributed by atoms with Crippen LogP contribution in [0.15, 0.2) is 12.4 Å². The highest BCUT2D eigenvalue weighted by molar-refractivity contribution is 5.26. The highest BCUT2D eigenvalue weighted by Crippen LogP contribution is 2.12. The molecule has 1 heterocycles. The fourth-order valence-electron chi connectivity index (χ4n) is 1.72. The number of nitrogens with one attached hydrogen (secondary N) is 1. The van der Waals surface area contributed by atoms with E-state index in [1.165, 1.54) is 12.8 Å². The van der Waals surface area contributed by atoms with E-state index in [1.54, 1.807) is 0 Å². The van der Waals surface area contributed by atoms with Gasteiger partial charge in [0.2, 0.25) is 5.95 Å². The van der Waals surface area contributed by atoms with Crippen LogP contribution in [0.2, 0.25) is 0 Å².